The minimum absolute atomic E-state index is 0.0941. The van der Waals surface area contributed by atoms with Gasteiger partial charge in [0.05, 0.1) is 12.1 Å². The highest BCUT2D eigenvalue weighted by molar-refractivity contribution is 8.00. The van der Waals surface area contributed by atoms with Crippen LogP contribution in [0.15, 0.2) is 72.5 Å². The summed E-state index contributed by atoms with van der Waals surface area (Å²) in [7, 11) is -4.12. The highest BCUT2D eigenvalue weighted by atomic mass is 32.2. The number of carboxylic acid groups (broad SMARTS) is 2. The van der Waals surface area contributed by atoms with Crippen LogP contribution >= 0.6 is 11.8 Å². The van der Waals surface area contributed by atoms with Crippen molar-refractivity contribution in [2.24, 2.45) is 0 Å². The molecule has 0 unspecified atom stereocenters. The number of hydrogen-bond donors (Lipinski definition) is 6. The quantitative estimate of drug-likeness (QED) is 0.0829. The van der Waals surface area contributed by atoms with Crippen LogP contribution in [0.2, 0.25) is 0 Å². The Kier molecular flexibility index (Phi) is 9.22. The lowest BCUT2D eigenvalue weighted by Crippen LogP contribution is -2.71. The number of rotatable bonds is 12. The van der Waals surface area contributed by atoms with Crippen LogP contribution in [0, 0.1) is 0 Å². The van der Waals surface area contributed by atoms with Crippen LogP contribution in [-0.2, 0) is 37.5 Å². The zero-order valence-corrected chi connectivity index (χ0v) is 25.3. The topological polar surface area (TPSA) is 240 Å². The van der Waals surface area contributed by atoms with E-state index in [2.05, 4.69) is 20.6 Å². The molecule has 5 rings (SSSR count). The average molecular weight is 672 g/mol. The third kappa shape index (κ3) is 6.93. The van der Waals surface area contributed by atoms with Crippen LogP contribution in [0.1, 0.15) is 38.1 Å². The number of carboxylic acids is 2. The molecule has 0 spiro atoms. The van der Waals surface area contributed by atoms with E-state index < -0.39 is 74.4 Å². The number of benzene rings is 1. The predicted octanol–water partition coefficient (Wildman–Crippen LogP) is -0.264. The van der Waals surface area contributed by atoms with Gasteiger partial charge in [0.2, 0.25) is 5.91 Å². The van der Waals surface area contributed by atoms with E-state index in [1.807, 2.05) is 0 Å². The van der Waals surface area contributed by atoms with Crippen LogP contribution in [-0.4, -0.2) is 90.6 Å². The van der Waals surface area contributed by atoms with Crippen molar-refractivity contribution >= 4 is 51.5 Å². The third-order valence-electron chi connectivity index (χ3n) is 7.27. The largest absolute Gasteiger partial charge is 0.477 e. The molecule has 3 atom stereocenters. The van der Waals surface area contributed by atoms with E-state index in [-0.39, 0.29) is 24.4 Å². The molecule has 4 heterocycles. The van der Waals surface area contributed by atoms with Gasteiger partial charge in [0.15, 0.2) is 30.3 Å². The van der Waals surface area contributed by atoms with E-state index in [0.29, 0.717) is 16.7 Å². The number of aliphatic carboxylic acids is 1. The summed E-state index contributed by atoms with van der Waals surface area (Å²) in [5, 5.41) is 23.7. The molecule has 0 radical (unpaired) electrons. The summed E-state index contributed by atoms with van der Waals surface area (Å²) < 4.78 is 32.7. The number of nitrogens with one attached hydrogen (secondary N) is 3. The summed E-state index contributed by atoms with van der Waals surface area (Å²) >= 11 is 1.25. The fourth-order valence-corrected chi connectivity index (χ4v) is 6.87. The number of aromatic nitrogens is 3. The van der Waals surface area contributed by atoms with E-state index in [9.17, 15) is 42.6 Å². The molecule has 46 heavy (non-hydrogen) atoms. The number of aromatic carboxylic acids is 1. The molecule has 1 fully saturated rings. The summed E-state index contributed by atoms with van der Waals surface area (Å²) in [4.78, 5) is 70.7. The molecule has 0 saturated carbocycles. The fourth-order valence-electron chi connectivity index (χ4n) is 5.04. The van der Waals surface area contributed by atoms with Gasteiger partial charge in [-0.1, -0.05) is 30.3 Å². The maximum atomic E-state index is 13.5. The number of amides is 3. The van der Waals surface area contributed by atoms with Crippen molar-refractivity contribution in [3.8, 4) is 0 Å². The number of imidazole rings is 1. The van der Waals surface area contributed by atoms with Gasteiger partial charge in [-0.3, -0.25) is 23.8 Å². The summed E-state index contributed by atoms with van der Waals surface area (Å²) in [5.41, 5.74) is 0.301. The molecular formula is C28H27N6O10S2+. The number of β-lactam (4-membered cyclic amide) rings is 1. The first kappa shape index (κ1) is 32.3. The molecule has 240 valence electrons. The molecule has 3 aromatic rings. The molecule has 2 aliphatic heterocycles. The van der Waals surface area contributed by atoms with Gasteiger partial charge in [0.25, 0.3) is 21.9 Å². The molecule has 0 bridgehead atoms. The Hall–Kier alpha value is -5.07. The van der Waals surface area contributed by atoms with Gasteiger partial charge in [-0.15, -0.1) is 11.8 Å². The Morgan fingerprint density at radius 3 is 2.41 bits per heavy atom. The summed E-state index contributed by atoms with van der Waals surface area (Å²) in [5.74, 6) is -5.35. The van der Waals surface area contributed by atoms with E-state index in [0.717, 1.165) is 11.2 Å². The lowest BCUT2D eigenvalue weighted by molar-refractivity contribution is -0.689. The number of carbonyl (C=O) groups excluding carboxylic acids is 3. The molecule has 2 aromatic heterocycles. The number of nitrogens with zero attached hydrogens (tertiary/aromatic N) is 3. The average Bonchev–Trinajstić information content (AvgIpc) is 3.52. The minimum atomic E-state index is -4.12. The molecule has 2 aliphatic rings. The zero-order chi connectivity index (χ0) is 33.2. The number of thioether (sulfide) groups is 1. The summed E-state index contributed by atoms with van der Waals surface area (Å²) in [6.07, 6.45) is 4.38. The van der Waals surface area contributed by atoms with Gasteiger partial charge in [-0.25, -0.2) is 19.1 Å². The van der Waals surface area contributed by atoms with Gasteiger partial charge in [0, 0.05) is 23.5 Å². The molecule has 1 saturated heterocycles. The Morgan fingerprint density at radius 1 is 1.09 bits per heavy atom. The second kappa shape index (κ2) is 13.1. The first-order valence-electron chi connectivity index (χ1n) is 13.6. The number of pyridine rings is 1. The van der Waals surface area contributed by atoms with Crippen molar-refractivity contribution in [1.29, 1.82) is 0 Å². The smallest absolute Gasteiger partial charge is 0.354 e. The van der Waals surface area contributed by atoms with E-state index >= 15 is 0 Å². The van der Waals surface area contributed by atoms with Crippen molar-refractivity contribution in [1.82, 2.24) is 25.5 Å². The first-order chi connectivity index (χ1) is 21.8. The normalized spacial score (nSPS) is 18.3. The zero-order valence-electron chi connectivity index (χ0n) is 23.7. The Balaban J connectivity index is 1.31. The van der Waals surface area contributed by atoms with Crippen LogP contribution in [0.3, 0.4) is 0 Å². The van der Waals surface area contributed by atoms with Gasteiger partial charge in [-0.2, -0.15) is 8.42 Å². The Morgan fingerprint density at radius 2 is 1.78 bits per heavy atom. The summed E-state index contributed by atoms with van der Waals surface area (Å²) in [6, 6.07) is 8.91. The highest BCUT2D eigenvalue weighted by Crippen LogP contribution is 2.40. The number of carbonyl (C=O) groups is 5. The number of aryl methyl sites for hydroxylation is 1. The number of H-pyrrole nitrogens is 1. The minimum Gasteiger partial charge on any atom is -0.477 e. The first-order valence-corrected chi connectivity index (χ1v) is 16.3. The molecule has 0 aliphatic carbocycles. The SMILES string of the molecule is O=C(O)C1=C(C[n+]2ccc(CCS(=O)(=O)O)cc2)CS[C@@H]2[C@H](NC(=O)[C@H](NC(=O)c3nc[nH]c3C(=O)O)c3ccccc3)C(=O)N12. The molecule has 1 aromatic carbocycles. The fraction of sp³-hybridized carbons (Fsp3) is 0.250. The Bertz CT molecular complexity index is 1840. The maximum absolute atomic E-state index is 13.5. The van der Waals surface area contributed by atoms with E-state index in [4.69, 9.17) is 4.55 Å². The number of hydrogen-bond acceptors (Lipinski definition) is 9. The molecule has 16 nitrogen and oxygen atoms in total. The molecule has 3 amide bonds. The van der Waals surface area contributed by atoms with Crippen molar-refractivity contribution in [3.05, 3.63) is 95.0 Å². The maximum Gasteiger partial charge on any atom is 0.354 e. The van der Waals surface area contributed by atoms with Gasteiger partial charge in [0.1, 0.15) is 23.2 Å². The molecule has 6 N–H and O–H groups in total. The molecular weight excluding hydrogens is 644 g/mol. The predicted molar refractivity (Wildman–Crippen MR) is 159 cm³/mol. The number of fused-ring (bicyclic) bond motifs is 1. The third-order valence-corrected chi connectivity index (χ3v) is 9.33. The lowest BCUT2D eigenvalue weighted by atomic mass is 10.0. The van der Waals surface area contributed by atoms with Crippen LogP contribution < -0.4 is 15.2 Å². The molecule has 18 heteroatoms. The highest BCUT2D eigenvalue weighted by Gasteiger charge is 2.55. The van der Waals surface area contributed by atoms with Gasteiger partial charge < -0.3 is 25.8 Å². The lowest BCUT2D eigenvalue weighted by Gasteiger charge is -2.49. The van der Waals surface area contributed by atoms with E-state index in [1.165, 1.54) is 11.8 Å². The van der Waals surface area contributed by atoms with E-state index in [1.54, 1.807) is 59.4 Å². The second-order valence-electron chi connectivity index (χ2n) is 10.3. The van der Waals surface area contributed by atoms with Crippen molar-refractivity contribution in [2.45, 2.75) is 30.4 Å². The standard InChI is InChI=1S/C28H26N6O10S2/c35-23(18(16-4-2-1-3-5-16)31-24(36)19-20(27(38)39)30-14-29-19)32-21-25(37)34-22(28(40)41)17(13-45-26(21)34)12-33-9-6-15(7-10-33)8-11-46(42,43)44/h1-7,9-10,14,18,21,26H,8,11-13H2,(H5-,29,30,31,32,35,36,38,39,40,41,42,43,44)/p+1/t18-,21-,26-/m1/s1. The summed E-state index contributed by atoms with van der Waals surface area (Å²) in [6.45, 7) is 0.119. The van der Waals surface area contributed by atoms with Crippen LogP contribution in [0.4, 0.5) is 0 Å². The van der Waals surface area contributed by atoms with Crippen molar-refractivity contribution in [3.63, 3.8) is 0 Å². The van der Waals surface area contributed by atoms with Crippen LogP contribution in [0.5, 0.6) is 0 Å². The van der Waals surface area contributed by atoms with Crippen molar-refractivity contribution in [2.75, 3.05) is 11.5 Å². The van der Waals surface area contributed by atoms with Crippen LogP contribution in [0.25, 0.3) is 0 Å². The van der Waals surface area contributed by atoms with Gasteiger partial charge >= 0.3 is 11.9 Å². The second-order valence-corrected chi connectivity index (χ2v) is 13.0. The van der Waals surface area contributed by atoms with Gasteiger partial charge in [-0.05, 0) is 17.5 Å². The van der Waals surface area contributed by atoms with Crippen molar-refractivity contribution < 1.29 is 51.7 Å². The number of aromatic amines is 1. The monoisotopic (exact) mass is 671 g/mol. The Labute approximate surface area is 265 Å².